The molecule has 0 spiro atoms. The Balaban J connectivity index is 1.36. The first-order chi connectivity index (χ1) is 15.0. The van der Waals surface area contributed by atoms with Gasteiger partial charge in [-0.3, -0.25) is 14.5 Å². The fourth-order valence-electron chi connectivity index (χ4n) is 3.46. The van der Waals surface area contributed by atoms with Crippen molar-refractivity contribution in [3.8, 4) is 5.75 Å². The molecule has 0 unspecified atom stereocenters. The molecule has 8 heteroatoms. The highest BCUT2D eigenvalue weighted by atomic mass is 16.5. The smallest absolute Gasteiger partial charge is 0.313 e. The SMILES string of the molecule is COc1ccc(N2CCN(CCNC(=O)C(=O)Nc3ccc(N(C)C)cc3)CC2)cc1. The van der Waals surface area contributed by atoms with Crippen molar-refractivity contribution in [3.63, 3.8) is 0 Å². The first-order valence-electron chi connectivity index (χ1n) is 10.4. The van der Waals surface area contributed by atoms with Gasteiger partial charge in [0.25, 0.3) is 0 Å². The maximum Gasteiger partial charge on any atom is 0.313 e. The van der Waals surface area contributed by atoms with E-state index in [-0.39, 0.29) is 0 Å². The number of hydrogen-bond acceptors (Lipinski definition) is 6. The van der Waals surface area contributed by atoms with Gasteiger partial charge in [0.05, 0.1) is 7.11 Å². The second-order valence-corrected chi connectivity index (χ2v) is 7.68. The zero-order valence-electron chi connectivity index (χ0n) is 18.4. The van der Waals surface area contributed by atoms with Crippen LogP contribution in [-0.4, -0.2) is 77.2 Å². The quantitative estimate of drug-likeness (QED) is 0.657. The molecule has 3 rings (SSSR count). The summed E-state index contributed by atoms with van der Waals surface area (Å²) in [5.41, 5.74) is 2.80. The van der Waals surface area contributed by atoms with Crippen molar-refractivity contribution < 1.29 is 14.3 Å². The van der Waals surface area contributed by atoms with Crippen LogP contribution >= 0.6 is 0 Å². The lowest BCUT2D eigenvalue weighted by Gasteiger charge is -2.36. The van der Waals surface area contributed by atoms with Crippen LogP contribution in [0.2, 0.25) is 0 Å². The second kappa shape index (κ2) is 10.7. The van der Waals surface area contributed by atoms with E-state index in [1.165, 1.54) is 5.69 Å². The largest absolute Gasteiger partial charge is 0.497 e. The Labute approximate surface area is 183 Å². The number of anilines is 3. The van der Waals surface area contributed by atoms with Gasteiger partial charge in [0, 0.05) is 70.4 Å². The number of piperazine rings is 1. The third-order valence-electron chi connectivity index (χ3n) is 5.37. The summed E-state index contributed by atoms with van der Waals surface area (Å²) in [5.74, 6) is -0.414. The average Bonchev–Trinajstić information content (AvgIpc) is 2.80. The lowest BCUT2D eigenvalue weighted by atomic mass is 10.2. The molecule has 2 amide bonds. The van der Waals surface area contributed by atoms with Gasteiger partial charge in [-0.2, -0.15) is 0 Å². The van der Waals surface area contributed by atoms with Crippen molar-refractivity contribution in [3.05, 3.63) is 48.5 Å². The van der Waals surface area contributed by atoms with Crippen LogP contribution in [-0.2, 0) is 9.59 Å². The summed E-state index contributed by atoms with van der Waals surface area (Å²) in [4.78, 5) is 30.8. The predicted molar refractivity (Wildman–Crippen MR) is 124 cm³/mol. The summed E-state index contributed by atoms with van der Waals surface area (Å²) in [6, 6.07) is 15.4. The number of hydrogen-bond donors (Lipinski definition) is 2. The molecule has 0 aromatic heterocycles. The van der Waals surface area contributed by atoms with Gasteiger partial charge in [0.15, 0.2) is 0 Å². The molecule has 1 heterocycles. The Morgan fingerprint density at radius 1 is 0.935 bits per heavy atom. The minimum absolute atomic E-state index is 0.439. The van der Waals surface area contributed by atoms with Crippen molar-refractivity contribution in [1.82, 2.24) is 10.2 Å². The summed E-state index contributed by atoms with van der Waals surface area (Å²) in [7, 11) is 5.55. The number of nitrogens with one attached hydrogen (secondary N) is 2. The van der Waals surface area contributed by atoms with Crippen LogP contribution in [0.4, 0.5) is 17.1 Å². The zero-order valence-corrected chi connectivity index (χ0v) is 18.4. The van der Waals surface area contributed by atoms with Crippen LogP contribution in [0.1, 0.15) is 0 Å². The van der Waals surface area contributed by atoms with Gasteiger partial charge in [0.1, 0.15) is 5.75 Å². The molecule has 1 saturated heterocycles. The van der Waals surface area contributed by atoms with Crippen LogP contribution in [0.25, 0.3) is 0 Å². The second-order valence-electron chi connectivity index (χ2n) is 7.68. The number of ether oxygens (including phenoxy) is 1. The van der Waals surface area contributed by atoms with Gasteiger partial charge in [-0.25, -0.2) is 0 Å². The van der Waals surface area contributed by atoms with E-state index in [0.29, 0.717) is 18.8 Å². The van der Waals surface area contributed by atoms with Gasteiger partial charge in [0.2, 0.25) is 0 Å². The highest BCUT2D eigenvalue weighted by Crippen LogP contribution is 2.20. The molecule has 2 N–H and O–H groups in total. The number of nitrogens with zero attached hydrogens (tertiary/aromatic N) is 3. The number of amides is 2. The zero-order chi connectivity index (χ0) is 22.2. The molecule has 1 aliphatic rings. The third-order valence-corrected chi connectivity index (χ3v) is 5.37. The molecule has 31 heavy (non-hydrogen) atoms. The monoisotopic (exact) mass is 425 g/mol. The molecule has 0 aliphatic carbocycles. The fourth-order valence-corrected chi connectivity index (χ4v) is 3.46. The highest BCUT2D eigenvalue weighted by molar-refractivity contribution is 6.39. The summed E-state index contributed by atoms with van der Waals surface area (Å²) < 4.78 is 5.21. The lowest BCUT2D eigenvalue weighted by Crippen LogP contribution is -2.49. The Morgan fingerprint density at radius 3 is 2.16 bits per heavy atom. The van der Waals surface area contributed by atoms with E-state index >= 15 is 0 Å². The first kappa shape index (κ1) is 22.4. The number of carbonyl (C=O) groups excluding carboxylic acids is 2. The Morgan fingerprint density at radius 2 is 1.58 bits per heavy atom. The molecule has 0 atom stereocenters. The topological polar surface area (TPSA) is 77.1 Å². The molecular weight excluding hydrogens is 394 g/mol. The average molecular weight is 426 g/mol. The van der Waals surface area contributed by atoms with Gasteiger partial charge >= 0.3 is 11.8 Å². The van der Waals surface area contributed by atoms with Gasteiger partial charge in [-0.15, -0.1) is 0 Å². The van der Waals surface area contributed by atoms with E-state index in [0.717, 1.165) is 37.6 Å². The Hall–Kier alpha value is -3.26. The standard InChI is InChI=1S/C23H31N5O3/c1-26(2)19-6-4-18(5-7-19)25-23(30)22(29)24-12-13-27-14-16-28(17-15-27)20-8-10-21(31-3)11-9-20/h4-11H,12-17H2,1-3H3,(H,24,29)(H,25,30). The molecule has 0 radical (unpaired) electrons. The molecule has 1 aliphatic heterocycles. The van der Waals surface area contributed by atoms with Crippen LogP contribution in [0.5, 0.6) is 5.75 Å². The van der Waals surface area contributed by atoms with Crippen LogP contribution in [0.3, 0.4) is 0 Å². The van der Waals surface area contributed by atoms with E-state index < -0.39 is 11.8 Å². The third kappa shape index (κ3) is 6.36. The molecule has 8 nitrogen and oxygen atoms in total. The lowest BCUT2D eigenvalue weighted by molar-refractivity contribution is -0.136. The van der Waals surface area contributed by atoms with E-state index in [1.54, 1.807) is 19.2 Å². The van der Waals surface area contributed by atoms with Gasteiger partial charge in [-0.1, -0.05) is 0 Å². The number of rotatable bonds is 7. The van der Waals surface area contributed by atoms with E-state index in [2.05, 4.69) is 32.6 Å². The van der Waals surface area contributed by atoms with Crippen LogP contribution in [0, 0.1) is 0 Å². The van der Waals surface area contributed by atoms with Crippen molar-refractivity contribution in [1.29, 1.82) is 0 Å². The van der Waals surface area contributed by atoms with Gasteiger partial charge in [-0.05, 0) is 48.5 Å². The summed E-state index contributed by atoms with van der Waals surface area (Å²) in [6.07, 6.45) is 0. The molecule has 0 bridgehead atoms. The van der Waals surface area contributed by atoms with Crippen molar-refractivity contribution >= 4 is 28.9 Å². The minimum Gasteiger partial charge on any atom is -0.497 e. The number of methoxy groups -OCH3 is 1. The Kier molecular flexibility index (Phi) is 7.72. The number of carbonyl (C=O) groups is 2. The van der Waals surface area contributed by atoms with E-state index in [1.807, 2.05) is 43.3 Å². The Bertz CT molecular complexity index is 860. The van der Waals surface area contributed by atoms with E-state index in [9.17, 15) is 9.59 Å². The molecule has 0 saturated carbocycles. The van der Waals surface area contributed by atoms with Crippen molar-refractivity contribution in [2.45, 2.75) is 0 Å². The molecule has 166 valence electrons. The maximum atomic E-state index is 12.1. The van der Waals surface area contributed by atoms with E-state index in [4.69, 9.17) is 4.74 Å². The van der Waals surface area contributed by atoms with Crippen molar-refractivity contribution in [2.24, 2.45) is 0 Å². The van der Waals surface area contributed by atoms with Gasteiger partial charge < -0.3 is 25.2 Å². The first-order valence-corrected chi connectivity index (χ1v) is 10.4. The fraction of sp³-hybridized carbons (Fsp3) is 0.391. The normalized spacial score (nSPS) is 14.1. The molecule has 1 fully saturated rings. The molecule has 2 aromatic rings. The van der Waals surface area contributed by atoms with Crippen LogP contribution in [0.15, 0.2) is 48.5 Å². The predicted octanol–water partition coefficient (Wildman–Crippen LogP) is 1.64. The maximum absolute atomic E-state index is 12.1. The van der Waals surface area contributed by atoms with Crippen molar-refractivity contribution in [2.75, 3.05) is 75.6 Å². The molecule has 2 aromatic carbocycles. The van der Waals surface area contributed by atoms with Crippen LogP contribution < -0.4 is 25.2 Å². The number of benzene rings is 2. The minimum atomic E-state index is -0.651. The summed E-state index contributed by atoms with van der Waals surface area (Å²) in [6.45, 7) is 4.81. The summed E-state index contributed by atoms with van der Waals surface area (Å²) in [5, 5.41) is 5.34. The molecular formula is C23H31N5O3. The highest BCUT2D eigenvalue weighted by Gasteiger charge is 2.18. The summed E-state index contributed by atoms with van der Waals surface area (Å²) >= 11 is 0.